The topological polar surface area (TPSA) is 55.6 Å². The number of benzene rings is 2. The van der Waals surface area contributed by atoms with Crippen LogP contribution in [0.4, 0.5) is 0 Å². The monoisotopic (exact) mass is 357 g/mol. The van der Waals surface area contributed by atoms with Gasteiger partial charge in [-0.25, -0.2) is 10.5 Å². The number of nitrogens with one attached hydrogen (secondary N) is 1. The lowest BCUT2D eigenvalue weighted by molar-refractivity contribution is 0.0229. The summed E-state index contributed by atoms with van der Waals surface area (Å²) in [6.07, 6.45) is 1.86. The number of aromatic nitrogens is 2. The van der Waals surface area contributed by atoms with E-state index >= 15 is 0 Å². The summed E-state index contributed by atoms with van der Waals surface area (Å²) in [5.74, 6) is -0.332. The summed E-state index contributed by atoms with van der Waals surface area (Å²) in [7, 11) is 0. The quantitative estimate of drug-likeness (QED) is 0.545. The Balaban J connectivity index is 1.65. The SMILES string of the molecule is Cc1ccn2c(C(=O)NOCc3ccccc3)c(-c3ccccc3)nc2c1. The van der Waals surface area contributed by atoms with E-state index in [1.165, 1.54) is 0 Å². The molecule has 0 unspecified atom stereocenters. The van der Waals surface area contributed by atoms with E-state index in [4.69, 9.17) is 4.84 Å². The number of hydroxylamine groups is 1. The predicted molar refractivity (Wildman–Crippen MR) is 104 cm³/mol. The zero-order valence-corrected chi connectivity index (χ0v) is 14.9. The van der Waals surface area contributed by atoms with Gasteiger partial charge in [-0.1, -0.05) is 60.7 Å². The van der Waals surface area contributed by atoms with Gasteiger partial charge in [0.1, 0.15) is 17.0 Å². The van der Waals surface area contributed by atoms with Gasteiger partial charge < -0.3 is 0 Å². The number of hydrogen-bond acceptors (Lipinski definition) is 3. The molecule has 4 rings (SSSR count). The molecule has 0 spiro atoms. The summed E-state index contributed by atoms with van der Waals surface area (Å²) in [4.78, 5) is 23.0. The molecule has 5 nitrogen and oxygen atoms in total. The average Bonchev–Trinajstić information content (AvgIpc) is 3.08. The van der Waals surface area contributed by atoms with E-state index in [2.05, 4.69) is 10.5 Å². The highest BCUT2D eigenvalue weighted by atomic mass is 16.6. The zero-order chi connectivity index (χ0) is 18.6. The fourth-order valence-electron chi connectivity index (χ4n) is 2.97. The first-order valence-electron chi connectivity index (χ1n) is 8.72. The van der Waals surface area contributed by atoms with E-state index in [1.54, 1.807) is 4.40 Å². The molecule has 0 aliphatic heterocycles. The van der Waals surface area contributed by atoms with Crippen LogP contribution in [-0.4, -0.2) is 15.3 Å². The van der Waals surface area contributed by atoms with Gasteiger partial charge in [-0.15, -0.1) is 0 Å². The van der Waals surface area contributed by atoms with Crippen LogP contribution in [0.2, 0.25) is 0 Å². The van der Waals surface area contributed by atoms with Crippen molar-refractivity contribution in [3.05, 3.63) is 95.8 Å². The van der Waals surface area contributed by atoms with Gasteiger partial charge >= 0.3 is 0 Å². The fraction of sp³-hybridized carbons (Fsp3) is 0.0909. The van der Waals surface area contributed by atoms with Gasteiger partial charge in [-0.3, -0.25) is 14.0 Å². The molecule has 0 radical (unpaired) electrons. The molecule has 0 atom stereocenters. The Bertz CT molecular complexity index is 1070. The van der Waals surface area contributed by atoms with Crippen LogP contribution in [0.5, 0.6) is 0 Å². The van der Waals surface area contributed by atoms with Crippen LogP contribution in [-0.2, 0) is 11.4 Å². The minimum atomic E-state index is -0.332. The number of nitrogens with zero attached hydrogens (tertiary/aromatic N) is 2. The van der Waals surface area contributed by atoms with Gasteiger partial charge in [0.15, 0.2) is 0 Å². The van der Waals surface area contributed by atoms with Gasteiger partial charge in [0.05, 0.1) is 6.61 Å². The van der Waals surface area contributed by atoms with Crippen LogP contribution in [0.3, 0.4) is 0 Å². The lowest BCUT2D eigenvalue weighted by Gasteiger charge is -2.08. The molecule has 5 heteroatoms. The van der Waals surface area contributed by atoms with Crippen LogP contribution >= 0.6 is 0 Å². The second-order valence-electron chi connectivity index (χ2n) is 6.31. The van der Waals surface area contributed by atoms with E-state index in [1.807, 2.05) is 85.9 Å². The van der Waals surface area contributed by atoms with Crippen molar-refractivity contribution in [2.24, 2.45) is 0 Å². The van der Waals surface area contributed by atoms with Gasteiger partial charge in [-0.05, 0) is 30.2 Å². The van der Waals surface area contributed by atoms with Crippen molar-refractivity contribution in [3.8, 4) is 11.3 Å². The van der Waals surface area contributed by atoms with Crippen molar-refractivity contribution in [1.29, 1.82) is 0 Å². The maximum absolute atomic E-state index is 12.9. The number of hydrogen-bond donors (Lipinski definition) is 1. The summed E-state index contributed by atoms with van der Waals surface area (Å²) in [6.45, 7) is 2.29. The molecule has 0 aliphatic rings. The summed E-state index contributed by atoms with van der Waals surface area (Å²) in [5.41, 5.74) is 7.30. The molecule has 2 aromatic heterocycles. The number of aryl methyl sites for hydroxylation is 1. The molecule has 0 aliphatic carbocycles. The number of pyridine rings is 1. The van der Waals surface area contributed by atoms with E-state index in [0.717, 1.165) is 22.3 Å². The maximum atomic E-state index is 12.9. The number of carbonyl (C=O) groups is 1. The van der Waals surface area contributed by atoms with Gasteiger partial charge in [0.25, 0.3) is 5.91 Å². The van der Waals surface area contributed by atoms with Crippen molar-refractivity contribution >= 4 is 11.6 Å². The first-order chi connectivity index (χ1) is 13.2. The summed E-state index contributed by atoms with van der Waals surface area (Å²) < 4.78 is 1.79. The second-order valence-corrected chi connectivity index (χ2v) is 6.31. The molecular weight excluding hydrogens is 338 g/mol. The third-order valence-electron chi connectivity index (χ3n) is 4.29. The Morgan fingerprint density at radius 3 is 2.48 bits per heavy atom. The summed E-state index contributed by atoms with van der Waals surface area (Å²) in [5, 5.41) is 0. The Morgan fingerprint density at radius 2 is 1.74 bits per heavy atom. The molecule has 134 valence electrons. The number of fused-ring (bicyclic) bond motifs is 1. The Kier molecular flexibility index (Phi) is 4.68. The van der Waals surface area contributed by atoms with E-state index in [9.17, 15) is 4.79 Å². The van der Waals surface area contributed by atoms with E-state index in [0.29, 0.717) is 18.0 Å². The predicted octanol–water partition coefficient (Wildman–Crippen LogP) is 4.17. The third-order valence-corrected chi connectivity index (χ3v) is 4.29. The van der Waals surface area contributed by atoms with Crippen LogP contribution < -0.4 is 5.48 Å². The smallest absolute Gasteiger partial charge is 0.294 e. The van der Waals surface area contributed by atoms with Crippen LogP contribution in [0.1, 0.15) is 21.6 Å². The number of amides is 1. The molecule has 0 bridgehead atoms. The van der Waals surface area contributed by atoms with Crippen LogP contribution in [0.15, 0.2) is 79.0 Å². The van der Waals surface area contributed by atoms with Gasteiger partial charge in [-0.2, -0.15) is 0 Å². The number of carbonyl (C=O) groups excluding carboxylic acids is 1. The maximum Gasteiger partial charge on any atom is 0.294 e. The van der Waals surface area contributed by atoms with Crippen molar-refractivity contribution in [2.75, 3.05) is 0 Å². The van der Waals surface area contributed by atoms with Crippen molar-refractivity contribution in [2.45, 2.75) is 13.5 Å². The highest BCUT2D eigenvalue weighted by Gasteiger charge is 2.20. The molecule has 2 aromatic carbocycles. The lowest BCUT2D eigenvalue weighted by atomic mass is 10.1. The molecular formula is C22H19N3O2. The highest BCUT2D eigenvalue weighted by molar-refractivity contribution is 5.99. The third kappa shape index (κ3) is 3.59. The van der Waals surface area contributed by atoms with E-state index in [-0.39, 0.29) is 5.91 Å². The molecule has 0 saturated carbocycles. The lowest BCUT2D eigenvalue weighted by Crippen LogP contribution is -2.25. The second kappa shape index (κ2) is 7.43. The normalized spacial score (nSPS) is 10.9. The minimum Gasteiger partial charge on any atom is -0.295 e. The van der Waals surface area contributed by atoms with Crippen LogP contribution in [0, 0.1) is 6.92 Å². The molecule has 0 saturated heterocycles. The highest BCUT2D eigenvalue weighted by Crippen LogP contribution is 2.25. The zero-order valence-electron chi connectivity index (χ0n) is 14.9. The summed E-state index contributed by atoms with van der Waals surface area (Å²) >= 11 is 0. The van der Waals surface area contributed by atoms with Gasteiger partial charge in [0.2, 0.25) is 0 Å². The van der Waals surface area contributed by atoms with Crippen molar-refractivity contribution in [1.82, 2.24) is 14.9 Å². The van der Waals surface area contributed by atoms with E-state index < -0.39 is 0 Å². The number of imidazole rings is 1. The Hall–Kier alpha value is -3.44. The van der Waals surface area contributed by atoms with Gasteiger partial charge in [0, 0.05) is 11.8 Å². The Morgan fingerprint density at radius 1 is 1.04 bits per heavy atom. The first kappa shape index (κ1) is 17.0. The molecule has 1 N–H and O–H groups in total. The minimum absolute atomic E-state index is 0.295. The summed E-state index contributed by atoms with van der Waals surface area (Å²) in [6, 6.07) is 23.3. The average molecular weight is 357 g/mol. The van der Waals surface area contributed by atoms with Crippen LogP contribution in [0.25, 0.3) is 16.9 Å². The molecule has 27 heavy (non-hydrogen) atoms. The molecule has 1 amide bonds. The molecule has 0 fully saturated rings. The molecule has 4 aromatic rings. The van der Waals surface area contributed by atoms with Crippen molar-refractivity contribution in [3.63, 3.8) is 0 Å². The Labute approximate surface area is 157 Å². The first-order valence-corrected chi connectivity index (χ1v) is 8.72. The number of rotatable bonds is 5. The molecule has 2 heterocycles. The van der Waals surface area contributed by atoms with Crippen molar-refractivity contribution < 1.29 is 9.63 Å². The fourth-order valence-corrected chi connectivity index (χ4v) is 2.97. The largest absolute Gasteiger partial charge is 0.295 e. The standard InChI is InChI=1S/C22H19N3O2/c1-16-12-13-25-19(14-16)23-20(18-10-6-3-7-11-18)21(25)22(26)24-27-15-17-8-4-2-5-9-17/h2-14H,15H2,1H3,(H,24,26).